The molecule has 2 fully saturated rings. The number of hydrogen-bond donors (Lipinski definition) is 1. The molecule has 17 heavy (non-hydrogen) atoms. The minimum Gasteiger partial charge on any atom is -0.362 e. The maximum absolute atomic E-state index is 4.70. The van der Waals surface area contributed by atoms with Crippen LogP contribution in [0.2, 0.25) is 0 Å². The molecule has 0 aromatic carbocycles. The van der Waals surface area contributed by atoms with Crippen LogP contribution in [0.15, 0.2) is 4.99 Å². The lowest BCUT2D eigenvalue weighted by Crippen LogP contribution is -2.35. The van der Waals surface area contributed by atoms with Gasteiger partial charge in [0.25, 0.3) is 0 Å². The summed E-state index contributed by atoms with van der Waals surface area (Å²) in [6.45, 7) is 5.79. The highest BCUT2D eigenvalue weighted by Gasteiger charge is 2.16. The van der Waals surface area contributed by atoms with Crippen LogP contribution >= 0.6 is 11.8 Å². The molecule has 0 aromatic rings. The molecule has 1 N–H and O–H groups in total. The third kappa shape index (κ3) is 4.51. The summed E-state index contributed by atoms with van der Waals surface area (Å²) in [5.41, 5.74) is 0. The van der Waals surface area contributed by atoms with Crippen LogP contribution in [0.5, 0.6) is 0 Å². The molecule has 0 spiro atoms. The highest BCUT2D eigenvalue weighted by Crippen LogP contribution is 2.20. The van der Waals surface area contributed by atoms with Crippen molar-refractivity contribution in [2.24, 2.45) is 10.9 Å². The lowest BCUT2D eigenvalue weighted by Gasteiger charge is -2.28. The van der Waals surface area contributed by atoms with Gasteiger partial charge in [-0.25, -0.2) is 0 Å². The second-order valence-electron chi connectivity index (χ2n) is 5.40. The van der Waals surface area contributed by atoms with Crippen molar-refractivity contribution in [2.45, 2.75) is 38.6 Å². The fourth-order valence-electron chi connectivity index (χ4n) is 2.45. The highest BCUT2D eigenvalue weighted by molar-refractivity contribution is 8.13. The lowest BCUT2D eigenvalue weighted by atomic mass is 9.94. The predicted molar refractivity (Wildman–Crippen MR) is 76.8 cm³/mol. The van der Waals surface area contributed by atoms with Crippen LogP contribution in [0, 0.1) is 5.92 Å². The molecule has 98 valence electrons. The van der Waals surface area contributed by atoms with Gasteiger partial charge in [0.2, 0.25) is 0 Å². The summed E-state index contributed by atoms with van der Waals surface area (Å²) in [5, 5.41) is 4.64. The molecule has 3 nitrogen and oxygen atoms in total. The smallest absolute Gasteiger partial charge is 0.156 e. The number of aliphatic imine (C=N–C) groups is 1. The first-order chi connectivity index (χ1) is 8.24. The minimum atomic E-state index is 0.610. The molecule has 4 heteroatoms. The molecule has 0 radical (unpaired) electrons. The van der Waals surface area contributed by atoms with Gasteiger partial charge in [-0.1, -0.05) is 11.8 Å². The van der Waals surface area contributed by atoms with Gasteiger partial charge in [0, 0.05) is 18.3 Å². The molecular weight excluding hydrogens is 230 g/mol. The number of thioether (sulfide) groups is 1. The van der Waals surface area contributed by atoms with Crippen LogP contribution in [0.3, 0.4) is 0 Å². The third-order valence-corrected chi connectivity index (χ3v) is 4.75. The van der Waals surface area contributed by atoms with Gasteiger partial charge in [0.1, 0.15) is 0 Å². The van der Waals surface area contributed by atoms with Gasteiger partial charge in [-0.15, -0.1) is 0 Å². The maximum atomic E-state index is 4.70. The quantitative estimate of drug-likeness (QED) is 0.838. The standard InChI is InChI=1S/C13H25N3S/c1-11-6-10-17-13(15-11)14-7-3-12-4-8-16(2)9-5-12/h11-12H,3-10H2,1-2H3,(H,14,15). The molecule has 0 aromatic heterocycles. The van der Waals surface area contributed by atoms with Crippen molar-refractivity contribution >= 4 is 16.9 Å². The van der Waals surface area contributed by atoms with E-state index in [1.807, 2.05) is 11.8 Å². The van der Waals surface area contributed by atoms with Gasteiger partial charge in [-0.3, -0.25) is 4.99 Å². The SMILES string of the molecule is CC1CCSC(=NCCC2CCN(C)CC2)N1. The van der Waals surface area contributed by atoms with Gasteiger partial charge < -0.3 is 10.2 Å². The Balaban J connectivity index is 1.66. The number of hydrogen-bond acceptors (Lipinski definition) is 3. The Hall–Kier alpha value is -0.220. The molecule has 2 aliphatic heterocycles. The average molecular weight is 255 g/mol. The number of likely N-dealkylation sites (tertiary alicyclic amines) is 1. The van der Waals surface area contributed by atoms with E-state index >= 15 is 0 Å². The summed E-state index contributed by atoms with van der Waals surface area (Å²) >= 11 is 1.88. The number of piperidine rings is 1. The molecule has 0 amide bonds. The van der Waals surface area contributed by atoms with E-state index < -0.39 is 0 Å². The topological polar surface area (TPSA) is 27.6 Å². The van der Waals surface area contributed by atoms with Gasteiger partial charge >= 0.3 is 0 Å². The third-order valence-electron chi connectivity index (χ3n) is 3.79. The fraction of sp³-hybridized carbons (Fsp3) is 0.923. The van der Waals surface area contributed by atoms with Crippen LogP contribution in [0.4, 0.5) is 0 Å². The van der Waals surface area contributed by atoms with E-state index in [1.165, 1.54) is 49.7 Å². The highest BCUT2D eigenvalue weighted by atomic mass is 32.2. The van der Waals surface area contributed by atoms with Gasteiger partial charge in [0.15, 0.2) is 5.17 Å². The minimum absolute atomic E-state index is 0.610. The van der Waals surface area contributed by atoms with E-state index in [0.29, 0.717) is 6.04 Å². The Morgan fingerprint density at radius 3 is 2.82 bits per heavy atom. The van der Waals surface area contributed by atoms with Gasteiger partial charge in [0.05, 0.1) is 0 Å². The number of rotatable bonds is 3. The molecule has 2 saturated heterocycles. The summed E-state index contributed by atoms with van der Waals surface area (Å²) in [6, 6.07) is 0.610. The summed E-state index contributed by atoms with van der Waals surface area (Å²) in [7, 11) is 2.22. The van der Waals surface area contributed by atoms with Crippen LogP contribution in [0.25, 0.3) is 0 Å². The van der Waals surface area contributed by atoms with Crippen LogP contribution in [-0.4, -0.2) is 48.5 Å². The Labute approximate surface area is 109 Å². The summed E-state index contributed by atoms with van der Waals surface area (Å²) in [6.07, 6.45) is 5.25. The number of nitrogens with one attached hydrogen (secondary N) is 1. The van der Waals surface area contributed by atoms with Crippen LogP contribution < -0.4 is 5.32 Å². The molecule has 0 bridgehead atoms. The molecule has 0 saturated carbocycles. The zero-order valence-corrected chi connectivity index (χ0v) is 11.9. The second-order valence-corrected chi connectivity index (χ2v) is 6.49. The fourth-order valence-corrected chi connectivity index (χ4v) is 3.58. The summed E-state index contributed by atoms with van der Waals surface area (Å²) in [5.74, 6) is 2.13. The van der Waals surface area contributed by atoms with Gasteiger partial charge in [-0.05, 0) is 58.7 Å². The molecule has 1 atom stereocenters. The zero-order chi connectivity index (χ0) is 12.1. The normalized spacial score (nSPS) is 30.5. The van der Waals surface area contributed by atoms with E-state index in [0.717, 1.165) is 12.5 Å². The van der Waals surface area contributed by atoms with E-state index in [4.69, 9.17) is 4.99 Å². The first-order valence-electron chi connectivity index (χ1n) is 6.86. The first kappa shape index (κ1) is 13.2. The van der Waals surface area contributed by atoms with Crippen molar-refractivity contribution in [1.29, 1.82) is 0 Å². The summed E-state index contributed by atoms with van der Waals surface area (Å²) in [4.78, 5) is 7.13. The maximum Gasteiger partial charge on any atom is 0.156 e. The van der Waals surface area contributed by atoms with Crippen molar-refractivity contribution in [2.75, 3.05) is 32.4 Å². The van der Waals surface area contributed by atoms with Crippen molar-refractivity contribution in [1.82, 2.24) is 10.2 Å². The van der Waals surface area contributed by atoms with E-state index in [-0.39, 0.29) is 0 Å². The molecule has 1 unspecified atom stereocenters. The monoisotopic (exact) mass is 255 g/mol. The molecule has 2 heterocycles. The van der Waals surface area contributed by atoms with Crippen molar-refractivity contribution in [3.05, 3.63) is 0 Å². The number of nitrogens with zero attached hydrogens (tertiary/aromatic N) is 2. The Morgan fingerprint density at radius 2 is 2.12 bits per heavy atom. The number of amidine groups is 1. The lowest BCUT2D eigenvalue weighted by molar-refractivity contribution is 0.214. The average Bonchev–Trinajstić information content (AvgIpc) is 2.32. The first-order valence-corrected chi connectivity index (χ1v) is 7.85. The van der Waals surface area contributed by atoms with Crippen LogP contribution in [0.1, 0.15) is 32.6 Å². The Bertz CT molecular complexity index is 259. The molecular formula is C13H25N3S. The van der Waals surface area contributed by atoms with Gasteiger partial charge in [-0.2, -0.15) is 0 Å². The van der Waals surface area contributed by atoms with Crippen molar-refractivity contribution < 1.29 is 0 Å². The molecule has 2 rings (SSSR count). The van der Waals surface area contributed by atoms with E-state index in [1.54, 1.807) is 0 Å². The molecule has 0 aliphatic carbocycles. The Kier molecular flexibility index (Phi) is 5.16. The largest absolute Gasteiger partial charge is 0.362 e. The predicted octanol–water partition coefficient (Wildman–Crippen LogP) is 2.19. The van der Waals surface area contributed by atoms with E-state index in [9.17, 15) is 0 Å². The summed E-state index contributed by atoms with van der Waals surface area (Å²) < 4.78 is 0. The van der Waals surface area contributed by atoms with E-state index in [2.05, 4.69) is 24.2 Å². The zero-order valence-electron chi connectivity index (χ0n) is 11.1. The second kappa shape index (κ2) is 6.64. The Morgan fingerprint density at radius 1 is 1.35 bits per heavy atom. The van der Waals surface area contributed by atoms with Crippen LogP contribution in [-0.2, 0) is 0 Å². The van der Waals surface area contributed by atoms with Crippen molar-refractivity contribution in [3.63, 3.8) is 0 Å². The molecule has 2 aliphatic rings. The van der Waals surface area contributed by atoms with Crippen molar-refractivity contribution in [3.8, 4) is 0 Å².